The van der Waals surface area contributed by atoms with Crippen LogP contribution in [-0.4, -0.2) is 26.7 Å². The highest BCUT2D eigenvalue weighted by Crippen LogP contribution is 2.31. The first-order valence-electron chi connectivity index (χ1n) is 8.25. The summed E-state index contributed by atoms with van der Waals surface area (Å²) in [6.45, 7) is 4.20. The first-order chi connectivity index (χ1) is 11.2. The predicted octanol–water partition coefficient (Wildman–Crippen LogP) is 3.20. The molecular formula is C17H23N5O. The molecule has 0 fully saturated rings. The van der Waals surface area contributed by atoms with Crippen molar-refractivity contribution in [2.45, 2.75) is 51.6 Å². The third kappa shape index (κ3) is 3.52. The zero-order valence-corrected chi connectivity index (χ0v) is 13.6. The van der Waals surface area contributed by atoms with Crippen molar-refractivity contribution in [1.82, 2.24) is 14.8 Å². The fourth-order valence-electron chi connectivity index (χ4n) is 2.88. The Morgan fingerprint density at radius 2 is 2.17 bits per heavy atom. The molecule has 1 aliphatic rings. The van der Waals surface area contributed by atoms with E-state index in [0.717, 1.165) is 19.3 Å². The molecule has 3 rings (SSSR count). The zero-order valence-electron chi connectivity index (χ0n) is 13.6. The van der Waals surface area contributed by atoms with E-state index in [4.69, 9.17) is 0 Å². The number of nitrogens with zero attached hydrogens (tertiary/aromatic N) is 3. The molecule has 2 aromatic rings. The summed E-state index contributed by atoms with van der Waals surface area (Å²) in [5, 5.41) is 10.6. The summed E-state index contributed by atoms with van der Waals surface area (Å²) in [6, 6.07) is 10.7. The van der Waals surface area contributed by atoms with Crippen LogP contribution in [0.15, 0.2) is 30.3 Å². The summed E-state index contributed by atoms with van der Waals surface area (Å²) < 4.78 is 1.88. The summed E-state index contributed by atoms with van der Waals surface area (Å²) in [5.41, 5.74) is 1.20. The Kier molecular flexibility index (Phi) is 4.60. The summed E-state index contributed by atoms with van der Waals surface area (Å²) in [6.07, 6.45) is 3.31. The highest BCUT2D eigenvalue weighted by Gasteiger charge is 2.28. The Labute approximate surface area is 136 Å². The van der Waals surface area contributed by atoms with E-state index < -0.39 is 0 Å². The number of amides is 1. The SMILES string of the molecule is CCCCC(=O)Nc1nc2n(n1)[C@@H](c1ccccc1)C[C@H](C)N2. The van der Waals surface area contributed by atoms with E-state index in [2.05, 4.69) is 46.7 Å². The lowest BCUT2D eigenvalue weighted by Crippen LogP contribution is -2.31. The van der Waals surface area contributed by atoms with Gasteiger partial charge in [-0.25, -0.2) is 4.68 Å². The molecule has 2 heterocycles. The molecule has 0 bridgehead atoms. The molecule has 2 atom stereocenters. The van der Waals surface area contributed by atoms with Gasteiger partial charge in [-0.15, -0.1) is 5.10 Å². The third-order valence-electron chi connectivity index (χ3n) is 4.07. The molecule has 6 heteroatoms. The number of hydrogen-bond donors (Lipinski definition) is 2. The topological polar surface area (TPSA) is 71.8 Å². The van der Waals surface area contributed by atoms with Crippen LogP contribution in [0.3, 0.4) is 0 Å². The fourth-order valence-corrected chi connectivity index (χ4v) is 2.88. The number of carbonyl (C=O) groups is 1. The lowest BCUT2D eigenvalue weighted by molar-refractivity contribution is -0.116. The number of benzene rings is 1. The number of rotatable bonds is 5. The second kappa shape index (κ2) is 6.81. The van der Waals surface area contributed by atoms with E-state index in [1.54, 1.807) is 0 Å². The summed E-state index contributed by atoms with van der Waals surface area (Å²) in [7, 11) is 0. The van der Waals surface area contributed by atoms with Crippen molar-refractivity contribution in [1.29, 1.82) is 0 Å². The van der Waals surface area contributed by atoms with E-state index in [0.29, 0.717) is 24.4 Å². The monoisotopic (exact) mass is 313 g/mol. The minimum Gasteiger partial charge on any atom is -0.352 e. The maximum Gasteiger partial charge on any atom is 0.250 e. The second-order valence-electron chi connectivity index (χ2n) is 6.06. The number of anilines is 2. The van der Waals surface area contributed by atoms with Crippen LogP contribution in [-0.2, 0) is 4.79 Å². The van der Waals surface area contributed by atoms with Gasteiger partial charge in [-0.1, -0.05) is 43.7 Å². The molecule has 1 aliphatic heterocycles. The molecule has 122 valence electrons. The van der Waals surface area contributed by atoms with E-state index in [1.165, 1.54) is 5.56 Å². The van der Waals surface area contributed by atoms with E-state index in [-0.39, 0.29) is 11.9 Å². The van der Waals surface area contributed by atoms with E-state index in [9.17, 15) is 4.79 Å². The number of unbranched alkanes of at least 4 members (excludes halogenated alkanes) is 1. The number of aromatic nitrogens is 3. The largest absolute Gasteiger partial charge is 0.352 e. The molecule has 0 unspecified atom stereocenters. The molecule has 1 amide bonds. The number of fused-ring (bicyclic) bond motifs is 1. The Morgan fingerprint density at radius 3 is 2.91 bits per heavy atom. The van der Waals surface area contributed by atoms with Gasteiger partial charge in [-0.05, 0) is 25.3 Å². The van der Waals surface area contributed by atoms with Gasteiger partial charge in [-0.3, -0.25) is 10.1 Å². The normalized spacial score (nSPS) is 19.7. The van der Waals surface area contributed by atoms with Crippen molar-refractivity contribution in [2.24, 2.45) is 0 Å². The molecule has 23 heavy (non-hydrogen) atoms. The molecule has 0 saturated carbocycles. The van der Waals surface area contributed by atoms with E-state index >= 15 is 0 Å². The van der Waals surface area contributed by atoms with Crippen LogP contribution in [0.1, 0.15) is 51.1 Å². The van der Waals surface area contributed by atoms with Crippen LogP contribution < -0.4 is 10.6 Å². The van der Waals surface area contributed by atoms with Gasteiger partial charge < -0.3 is 5.32 Å². The van der Waals surface area contributed by atoms with Gasteiger partial charge in [0.25, 0.3) is 5.95 Å². The first kappa shape index (κ1) is 15.5. The molecular weight excluding hydrogens is 290 g/mol. The second-order valence-corrected chi connectivity index (χ2v) is 6.06. The highest BCUT2D eigenvalue weighted by atomic mass is 16.1. The van der Waals surface area contributed by atoms with Gasteiger partial charge >= 0.3 is 0 Å². The maximum atomic E-state index is 11.9. The van der Waals surface area contributed by atoms with Gasteiger partial charge in [0.05, 0.1) is 6.04 Å². The minimum atomic E-state index is -0.0286. The Morgan fingerprint density at radius 1 is 1.39 bits per heavy atom. The van der Waals surface area contributed by atoms with Gasteiger partial charge in [0.2, 0.25) is 11.9 Å². The molecule has 1 aromatic heterocycles. The highest BCUT2D eigenvalue weighted by molar-refractivity contribution is 5.88. The van der Waals surface area contributed by atoms with Crippen molar-refractivity contribution in [3.8, 4) is 0 Å². The van der Waals surface area contributed by atoms with Gasteiger partial charge in [0.15, 0.2) is 0 Å². The van der Waals surface area contributed by atoms with Crippen LogP contribution >= 0.6 is 0 Å². The molecule has 2 N–H and O–H groups in total. The van der Waals surface area contributed by atoms with Crippen LogP contribution in [0.25, 0.3) is 0 Å². The summed E-state index contributed by atoms with van der Waals surface area (Å²) in [4.78, 5) is 16.3. The number of hydrogen-bond acceptors (Lipinski definition) is 4. The van der Waals surface area contributed by atoms with Crippen molar-refractivity contribution in [3.05, 3.63) is 35.9 Å². The number of nitrogens with one attached hydrogen (secondary N) is 2. The summed E-state index contributed by atoms with van der Waals surface area (Å²) >= 11 is 0. The molecule has 1 aromatic carbocycles. The van der Waals surface area contributed by atoms with Crippen LogP contribution in [0.4, 0.5) is 11.9 Å². The molecule has 0 saturated heterocycles. The Balaban J connectivity index is 1.82. The van der Waals surface area contributed by atoms with Gasteiger partial charge in [0.1, 0.15) is 0 Å². The lowest BCUT2D eigenvalue weighted by atomic mass is 9.99. The molecule has 0 aliphatic carbocycles. The van der Waals surface area contributed by atoms with Crippen LogP contribution in [0.2, 0.25) is 0 Å². The molecule has 6 nitrogen and oxygen atoms in total. The van der Waals surface area contributed by atoms with Crippen LogP contribution in [0.5, 0.6) is 0 Å². The lowest BCUT2D eigenvalue weighted by Gasteiger charge is -2.29. The predicted molar refractivity (Wildman–Crippen MR) is 90.5 cm³/mol. The average molecular weight is 313 g/mol. The Bertz CT molecular complexity index is 667. The molecule has 0 radical (unpaired) electrons. The molecule has 0 spiro atoms. The van der Waals surface area contributed by atoms with Crippen molar-refractivity contribution < 1.29 is 4.79 Å². The Hall–Kier alpha value is -2.37. The third-order valence-corrected chi connectivity index (χ3v) is 4.07. The van der Waals surface area contributed by atoms with Crippen LogP contribution in [0, 0.1) is 0 Å². The van der Waals surface area contributed by atoms with Gasteiger partial charge in [0, 0.05) is 12.5 Å². The first-order valence-corrected chi connectivity index (χ1v) is 8.25. The van der Waals surface area contributed by atoms with Crippen molar-refractivity contribution in [2.75, 3.05) is 10.6 Å². The summed E-state index contributed by atoms with van der Waals surface area (Å²) in [5.74, 6) is 1.06. The van der Waals surface area contributed by atoms with Gasteiger partial charge in [-0.2, -0.15) is 4.98 Å². The van der Waals surface area contributed by atoms with Crippen molar-refractivity contribution in [3.63, 3.8) is 0 Å². The van der Waals surface area contributed by atoms with E-state index in [1.807, 2.05) is 22.9 Å². The zero-order chi connectivity index (χ0) is 16.2. The quantitative estimate of drug-likeness (QED) is 0.889. The average Bonchev–Trinajstić information content (AvgIpc) is 2.94. The smallest absolute Gasteiger partial charge is 0.250 e. The maximum absolute atomic E-state index is 11.9. The fraction of sp³-hybridized carbons (Fsp3) is 0.471. The standard InChI is InChI=1S/C17H23N5O/c1-3-4-10-15(23)19-16-20-17-18-12(2)11-14(22(17)21-16)13-8-6-5-7-9-13/h5-9,12,14H,3-4,10-11H2,1-2H3,(H2,18,19,20,21,23)/t12-,14+/m0/s1. The minimum absolute atomic E-state index is 0.0286. The van der Waals surface area contributed by atoms with Crippen molar-refractivity contribution >= 4 is 17.8 Å². The number of carbonyl (C=O) groups excluding carboxylic acids is 1.